The molecule has 1 N–H and O–H groups in total. The Balaban J connectivity index is 2.11. The zero-order chi connectivity index (χ0) is 31.9. The van der Waals surface area contributed by atoms with E-state index in [1.54, 1.807) is 6.92 Å². The van der Waals surface area contributed by atoms with Crippen molar-refractivity contribution in [3.63, 3.8) is 0 Å². The molecule has 0 aliphatic rings. The fraction of sp³-hybridized carbons (Fsp3) is 0.333. The molecule has 0 saturated heterocycles. The molecule has 3 aromatic carbocycles. The summed E-state index contributed by atoms with van der Waals surface area (Å²) >= 11 is 5.78. The van der Waals surface area contributed by atoms with Crippen LogP contribution in [0.4, 0.5) is 23.2 Å². The molecule has 0 aliphatic carbocycles. The van der Waals surface area contributed by atoms with Crippen molar-refractivity contribution in [1.82, 2.24) is 10.2 Å². The minimum Gasteiger partial charge on any atom is -0.354 e. The smallest absolute Gasteiger partial charge is 0.354 e. The maximum absolute atomic E-state index is 14.6. The Kier molecular flexibility index (Phi) is 11.2. The van der Waals surface area contributed by atoms with Crippen LogP contribution in [0.15, 0.2) is 71.6 Å². The molecule has 3 rings (SSSR count). The third-order valence-corrected chi connectivity index (χ3v) is 8.84. The number of hydrogen-bond acceptors (Lipinski definition) is 4. The standard InChI is InChI=1S/C30H32ClF4N3O4S/c1-4-5-16-36-29(40)21(3)37(18-22-8-6-7-9-27(22)32)28(39)19-38(43(41,42)24-13-10-20(2)11-14-24)23-12-15-26(31)25(17-23)30(33,34)35/h6-15,17,21H,4-5,16,18-19H2,1-3H3,(H,36,40)/t21-/m0/s1. The quantitative estimate of drug-likeness (QED) is 0.185. The lowest BCUT2D eigenvalue weighted by Crippen LogP contribution is -2.51. The van der Waals surface area contributed by atoms with Crippen LogP contribution >= 0.6 is 11.6 Å². The zero-order valence-corrected chi connectivity index (χ0v) is 25.4. The topological polar surface area (TPSA) is 86.8 Å². The number of halogens is 5. The molecule has 0 spiro atoms. The van der Waals surface area contributed by atoms with Gasteiger partial charge in [-0.1, -0.05) is 60.8 Å². The van der Waals surface area contributed by atoms with Gasteiger partial charge in [0.2, 0.25) is 11.8 Å². The summed E-state index contributed by atoms with van der Waals surface area (Å²) in [6.07, 6.45) is -3.46. The summed E-state index contributed by atoms with van der Waals surface area (Å²) in [6, 6.07) is 12.4. The lowest BCUT2D eigenvalue weighted by Gasteiger charge is -2.32. The number of aryl methyl sites for hydroxylation is 1. The predicted molar refractivity (Wildman–Crippen MR) is 156 cm³/mol. The van der Waals surface area contributed by atoms with Gasteiger partial charge in [-0.3, -0.25) is 13.9 Å². The first-order valence-electron chi connectivity index (χ1n) is 13.4. The van der Waals surface area contributed by atoms with E-state index in [1.807, 2.05) is 6.92 Å². The Labute approximate surface area is 253 Å². The molecular formula is C30H32ClF4N3O4S. The van der Waals surface area contributed by atoms with Gasteiger partial charge in [-0.25, -0.2) is 12.8 Å². The Morgan fingerprint density at radius 3 is 2.28 bits per heavy atom. The molecular weight excluding hydrogens is 610 g/mol. The van der Waals surface area contributed by atoms with Crippen LogP contribution in [0.5, 0.6) is 0 Å². The number of nitrogens with one attached hydrogen (secondary N) is 1. The van der Waals surface area contributed by atoms with Crippen molar-refractivity contribution in [3.8, 4) is 0 Å². The van der Waals surface area contributed by atoms with Crippen LogP contribution in [0, 0.1) is 12.7 Å². The normalized spacial score (nSPS) is 12.5. The van der Waals surface area contributed by atoms with Crippen LogP contribution in [-0.4, -0.2) is 44.3 Å². The number of carbonyl (C=O) groups is 2. The summed E-state index contributed by atoms with van der Waals surface area (Å²) in [4.78, 5) is 27.6. The van der Waals surface area contributed by atoms with E-state index in [0.717, 1.165) is 29.0 Å². The molecule has 0 aliphatic heterocycles. The van der Waals surface area contributed by atoms with Gasteiger partial charge in [-0.05, 0) is 56.7 Å². The van der Waals surface area contributed by atoms with Crippen molar-refractivity contribution < 1.29 is 35.6 Å². The number of nitrogens with zero attached hydrogens (tertiary/aromatic N) is 2. The number of sulfonamides is 1. The van der Waals surface area contributed by atoms with Gasteiger partial charge in [0.15, 0.2) is 0 Å². The van der Waals surface area contributed by atoms with Crippen LogP contribution in [-0.2, 0) is 32.3 Å². The van der Waals surface area contributed by atoms with E-state index >= 15 is 0 Å². The molecule has 13 heteroatoms. The van der Waals surface area contributed by atoms with Crippen LogP contribution in [0.25, 0.3) is 0 Å². The fourth-order valence-corrected chi connectivity index (χ4v) is 5.81. The summed E-state index contributed by atoms with van der Waals surface area (Å²) in [5.74, 6) is -2.16. The molecule has 0 unspecified atom stereocenters. The average Bonchev–Trinajstić information content (AvgIpc) is 2.95. The Morgan fingerprint density at radius 1 is 1.02 bits per heavy atom. The first kappa shape index (κ1) is 33.9. The van der Waals surface area contributed by atoms with Gasteiger partial charge in [-0.2, -0.15) is 13.2 Å². The van der Waals surface area contributed by atoms with Crippen LogP contribution in [0.2, 0.25) is 5.02 Å². The van der Waals surface area contributed by atoms with Crippen molar-refractivity contribution in [2.24, 2.45) is 0 Å². The number of benzene rings is 3. The third-order valence-electron chi connectivity index (χ3n) is 6.73. The number of rotatable bonds is 12. The summed E-state index contributed by atoms with van der Waals surface area (Å²) in [7, 11) is -4.62. The highest BCUT2D eigenvalue weighted by Crippen LogP contribution is 2.38. The number of anilines is 1. The molecule has 7 nitrogen and oxygen atoms in total. The second-order valence-electron chi connectivity index (χ2n) is 9.92. The lowest BCUT2D eigenvalue weighted by atomic mass is 10.1. The SMILES string of the molecule is CCCCNC(=O)[C@H](C)N(Cc1ccccc1F)C(=O)CN(c1ccc(Cl)c(C(F)(F)F)c1)S(=O)(=O)c1ccc(C)cc1. The highest BCUT2D eigenvalue weighted by molar-refractivity contribution is 7.92. The molecule has 0 radical (unpaired) electrons. The molecule has 43 heavy (non-hydrogen) atoms. The maximum atomic E-state index is 14.6. The van der Waals surface area contributed by atoms with Crippen LogP contribution in [0.1, 0.15) is 43.4 Å². The molecule has 0 saturated carbocycles. The maximum Gasteiger partial charge on any atom is 0.417 e. The van der Waals surface area contributed by atoms with Crippen LogP contribution in [0.3, 0.4) is 0 Å². The van der Waals surface area contributed by atoms with Gasteiger partial charge in [-0.15, -0.1) is 0 Å². The van der Waals surface area contributed by atoms with E-state index in [9.17, 15) is 35.6 Å². The monoisotopic (exact) mass is 641 g/mol. The number of amides is 2. The molecule has 0 aromatic heterocycles. The Bertz CT molecular complexity index is 1550. The Hall–Kier alpha value is -3.64. The van der Waals surface area contributed by atoms with Crippen molar-refractivity contribution in [2.75, 3.05) is 17.4 Å². The van der Waals surface area contributed by atoms with Crippen molar-refractivity contribution in [1.29, 1.82) is 0 Å². The molecule has 0 heterocycles. The summed E-state index contributed by atoms with van der Waals surface area (Å²) < 4.78 is 84.1. The highest BCUT2D eigenvalue weighted by Gasteiger charge is 2.37. The molecule has 1 atom stereocenters. The zero-order valence-electron chi connectivity index (χ0n) is 23.8. The van der Waals surface area contributed by atoms with Crippen molar-refractivity contribution in [3.05, 3.63) is 94.3 Å². The molecule has 0 bridgehead atoms. The second-order valence-corrected chi connectivity index (χ2v) is 12.2. The number of carbonyl (C=O) groups excluding carboxylic acids is 2. The van der Waals surface area contributed by atoms with E-state index < -0.39 is 69.2 Å². The van der Waals surface area contributed by atoms with Gasteiger partial charge >= 0.3 is 6.18 Å². The van der Waals surface area contributed by atoms with Crippen molar-refractivity contribution >= 4 is 39.1 Å². The number of alkyl halides is 3. The van der Waals surface area contributed by atoms with E-state index in [2.05, 4.69) is 5.32 Å². The highest BCUT2D eigenvalue weighted by atomic mass is 35.5. The molecule has 3 aromatic rings. The van der Waals surface area contributed by atoms with Crippen molar-refractivity contribution in [2.45, 2.75) is 57.3 Å². The fourth-order valence-electron chi connectivity index (χ4n) is 4.18. The first-order valence-corrected chi connectivity index (χ1v) is 15.2. The van der Waals surface area contributed by atoms with Gasteiger partial charge in [0.1, 0.15) is 18.4 Å². The Morgan fingerprint density at radius 2 is 1.67 bits per heavy atom. The second kappa shape index (κ2) is 14.2. The lowest BCUT2D eigenvalue weighted by molar-refractivity contribution is -0.139. The first-order chi connectivity index (χ1) is 20.2. The van der Waals surface area contributed by atoms with Gasteiger partial charge in [0.05, 0.1) is 21.2 Å². The van der Waals surface area contributed by atoms with E-state index in [0.29, 0.717) is 23.3 Å². The third kappa shape index (κ3) is 8.47. The van der Waals surface area contributed by atoms with Gasteiger partial charge in [0.25, 0.3) is 10.0 Å². The van der Waals surface area contributed by atoms with Gasteiger partial charge in [0, 0.05) is 18.7 Å². The predicted octanol–water partition coefficient (Wildman–Crippen LogP) is 6.34. The number of hydrogen-bond donors (Lipinski definition) is 1. The molecule has 0 fully saturated rings. The van der Waals surface area contributed by atoms with E-state index in [1.165, 1.54) is 55.5 Å². The molecule has 232 valence electrons. The van der Waals surface area contributed by atoms with E-state index in [-0.39, 0.29) is 10.5 Å². The van der Waals surface area contributed by atoms with Crippen LogP contribution < -0.4 is 9.62 Å². The minimum absolute atomic E-state index is 0.0582. The summed E-state index contributed by atoms with van der Waals surface area (Å²) in [5, 5.41) is 2.04. The largest absolute Gasteiger partial charge is 0.417 e. The average molecular weight is 642 g/mol. The molecule has 2 amide bonds. The number of unbranched alkanes of at least 4 members (excludes halogenated alkanes) is 1. The summed E-state index contributed by atoms with van der Waals surface area (Å²) in [5.41, 5.74) is -0.985. The minimum atomic E-state index is -4.92. The van der Waals surface area contributed by atoms with E-state index in [4.69, 9.17) is 11.6 Å². The summed E-state index contributed by atoms with van der Waals surface area (Å²) in [6.45, 7) is 3.98. The van der Waals surface area contributed by atoms with Gasteiger partial charge < -0.3 is 10.2 Å².